The van der Waals surface area contributed by atoms with Crippen LogP contribution in [0.3, 0.4) is 0 Å². The summed E-state index contributed by atoms with van der Waals surface area (Å²) in [6.45, 7) is 3.28. The highest BCUT2D eigenvalue weighted by Gasteiger charge is 2.51. The molecule has 1 amide bonds. The number of amides is 1. The Labute approximate surface area is 187 Å². The summed E-state index contributed by atoms with van der Waals surface area (Å²) in [5, 5.41) is 8.95. The molecule has 0 aliphatic carbocycles. The molecule has 0 N–H and O–H groups in total. The number of nitrogens with zero attached hydrogens (tertiary/aromatic N) is 5. The first kappa shape index (κ1) is 23.5. The number of alkyl halides is 3. The molecule has 3 heterocycles. The lowest BCUT2D eigenvalue weighted by Crippen LogP contribution is -2.44. The molecule has 2 aromatic rings. The van der Waals surface area contributed by atoms with Crippen LogP contribution in [0.5, 0.6) is 0 Å². The minimum atomic E-state index is -4.82. The molecule has 0 radical (unpaired) electrons. The van der Waals surface area contributed by atoms with Gasteiger partial charge in [0.05, 0.1) is 35.8 Å². The molecule has 1 atom stereocenters. The first-order chi connectivity index (χ1) is 14.9. The second kappa shape index (κ2) is 8.40. The fourth-order valence-corrected chi connectivity index (χ4v) is 3.94. The number of rotatable bonds is 4. The van der Waals surface area contributed by atoms with E-state index in [0.29, 0.717) is 11.8 Å². The summed E-state index contributed by atoms with van der Waals surface area (Å²) in [7, 11) is 1.22. The first-order valence-electron chi connectivity index (χ1n) is 9.22. The molecule has 1 aliphatic rings. The van der Waals surface area contributed by atoms with E-state index in [1.165, 1.54) is 19.2 Å². The number of aromatic nitrogens is 2. The van der Waals surface area contributed by atoms with Gasteiger partial charge in [0.1, 0.15) is 17.3 Å². The topological polar surface area (TPSA) is 99.4 Å². The Hall–Kier alpha value is -3.17. The summed E-state index contributed by atoms with van der Waals surface area (Å²) in [6.07, 6.45) is -3.79. The van der Waals surface area contributed by atoms with Gasteiger partial charge in [-0.05, 0) is 32.0 Å². The number of methoxy groups -OCH3 is 1. The van der Waals surface area contributed by atoms with Gasteiger partial charge in [-0.2, -0.15) is 18.4 Å². The maximum atomic E-state index is 13.4. The smallest absolute Gasteiger partial charge is 0.419 e. The Bertz CT molecular complexity index is 1120. The third kappa shape index (κ3) is 4.13. The zero-order chi connectivity index (χ0) is 23.8. The number of hydrogen-bond acceptors (Lipinski definition) is 8. The number of ether oxygens (including phenoxy) is 1. The van der Waals surface area contributed by atoms with E-state index in [-0.39, 0.29) is 17.9 Å². The number of hydrogen-bond donors (Lipinski definition) is 1. The van der Waals surface area contributed by atoms with E-state index in [0.717, 1.165) is 11.1 Å². The zero-order valence-electron chi connectivity index (χ0n) is 17.2. The Morgan fingerprint density at radius 3 is 2.66 bits per heavy atom. The normalized spacial score (nSPS) is 18.5. The molecule has 168 valence electrons. The van der Waals surface area contributed by atoms with Crippen LogP contribution in [0.1, 0.15) is 41.3 Å². The van der Waals surface area contributed by atoms with Crippen molar-refractivity contribution in [2.24, 2.45) is 0 Å². The van der Waals surface area contributed by atoms with Crippen molar-refractivity contribution >= 4 is 30.2 Å². The van der Waals surface area contributed by atoms with Gasteiger partial charge in [0.25, 0.3) is 0 Å². The molecule has 2 aromatic heterocycles. The monoisotopic (exact) mass is 465 g/mol. The fourth-order valence-electron chi connectivity index (χ4n) is 3.33. The van der Waals surface area contributed by atoms with Gasteiger partial charge in [-0.15, -0.1) is 12.6 Å². The molecular weight excluding hydrogens is 447 g/mol. The highest BCUT2D eigenvalue weighted by atomic mass is 32.1. The first-order valence-corrected chi connectivity index (χ1v) is 9.73. The predicted octanol–water partition coefficient (Wildman–Crippen LogP) is 2.99. The lowest BCUT2D eigenvalue weighted by molar-refractivity contribution is -0.138. The van der Waals surface area contributed by atoms with Crippen molar-refractivity contribution in [3.63, 3.8) is 0 Å². The molecule has 1 fully saturated rings. The Morgan fingerprint density at radius 1 is 1.38 bits per heavy atom. The number of thiol groups is 1. The maximum Gasteiger partial charge on any atom is 0.419 e. The summed E-state index contributed by atoms with van der Waals surface area (Å²) in [6, 6.07) is 6.84. The second-order valence-corrected chi connectivity index (χ2v) is 7.88. The SMILES string of the molecule is COC(=O)c1cccc(CN2C(S)N(c3cnc(C#N)c(C(F)(F)F)c3)C(=O)C2(C)C)n1. The van der Waals surface area contributed by atoms with Crippen LogP contribution in [0.2, 0.25) is 0 Å². The highest BCUT2D eigenvalue weighted by molar-refractivity contribution is 7.81. The van der Waals surface area contributed by atoms with Gasteiger partial charge in [0.2, 0.25) is 5.91 Å². The summed E-state index contributed by atoms with van der Waals surface area (Å²) in [5.41, 5.74) is -3.79. The molecule has 0 bridgehead atoms. The molecule has 12 heteroatoms. The molecule has 32 heavy (non-hydrogen) atoms. The van der Waals surface area contributed by atoms with E-state index in [2.05, 4.69) is 27.3 Å². The minimum absolute atomic E-state index is 0.0735. The van der Waals surface area contributed by atoms with Crippen LogP contribution in [0, 0.1) is 11.3 Å². The van der Waals surface area contributed by atoms with Gasteiger partial charge in [0, 0.05) is 6.54 Å². The van der Waals surface area contributed by atoms with Crippen LogP contribution in [0.4, 0.5) is 18.9 Å². The lowest BCUT2D eigenvalue weighted by Gasteiger charge is -2.30. The van der Waals surface area contributed by atoms with Crippen LogP contribution in [-0.4, -0.2) is 44.9 Å². The van der Waals surface area contributed by atoms with E-state index >= 15 is 0 Å². The molecule has 3 rings (SSSR count). The standard InChI is InChI=1S/C20H18F3N5O3S/c1-19(2)17(30)28(12-7-13(20(21,22)23)15(8-24)25-9-12)18(32)27(19)10-11-5-4-6-14(26-11)16(29)31-3/h4-7,9,18,32H,10H2,1-3H3. The largest absolute Gasteiger partial charge is 0.464 e. The quantitative estimate of drug-likeness (QED) is 0.547. The summed E-state index contributed by atoms with van der Waals surface area (Å²) in [4.78, 5) is 35.4. The van der Waals surface area contributed by atoms with Gasteiger partial charge in [0.15, 0.2) is 5.69 Å². The number of carbonyl (C=O) groups is 2. The number of nitriles is 1. The highest BCUT2D eigenvalue weighted by Crippen LogP contribution is 2.40. The molecule has 0 aromatic carbocycles. The van der Waals surface area contributed by atoms with Crippen molar-refractivity contribution in [3.8, 4) is 6.07 Å². The van der Waals surface area contributed by atoms with E-state index in [1.807, 2.05) is 0 Å². The molecule has 1 saturated heterocycles. The van der Waals surface area contributed by atoms with E-state index in [4.69, 9.17) is 5.26 Å². The van der Waals surface area contributed by atoms with Gasteiger partial charge < -0.3 is 4.74 Å². The third-order valence-electron chi connectivity index (χ3n) is 5.07. The van der Waals surface area contributed by atoms with E-state index in [9.17, 15) is 22.8 Å². The van der Waals surface area contributed by atoms with E-state index in [1.54, 1.807) is 30.9 Å². The molecule has 1 aliphatic heterocycles. The Kier molecular flexibility index (Phi) is 6.17. The van der Waals surface area contributed by atoms with Gasteiger partial charge in [-0.1, -0.05) is 6.07 Å². The number of anilines is 1. The predicted molar refractivity (Wildman–Crippen MR) is 109 cm³/mol. The molecule has 0 saturated carbocycles. The third-order valence-corrected chi connectivity index (χ3v) is 5.58. The number of esters is 1. The Balaban J connectivity index is 1.98. The Morgan fingerprint density at radius 2 is 2.06 bits per heavy atom. The summed E-state index contributed by atoms with van der Waals surface area (Å²) in [5.74, 6) is -1.14. The second-order valence-electron chi connectivity index (χ2n) is 7.41. The van der Waals surface area contributed by atoms with Crippen LogP contribution in [0.15, 0.2) is 30.5 Å². The van der Waals surface area contributed by atoms with Crippen molar-refractivity contribution in [1.82, 2.24) is 14.9 Å². The molecule has 0 spiro atoms. The average Bonchev–Trinajstić information content (AvgIpc) is 2.91. The van der Waals surface area contributed by atoms with E-state index < -0.39 is 40.3 Å². The van der Waals surface area contributed by atoms with Crippen molar-refractivity contribution in [3.05, 3.63) is 53.1 Å². The minimum Gasteiger partial charge on any atom is -0.464 e. The van der Waals surface area contributed by atoms with Crippen molar-refractivity contribution < 1.29 is 27.5 Å². The summed E-state index contributed by atoms with van der Waals surface area (Å²) >= 11 is 4.47. The summed E-state index contributed by atoms with van der Waals surface area (Å²) < 4.78 is 44.8. The molecular formula is C20H18F3N5O3S. The lowest BCUT2D eigenvalue weighted by atomic mass is 10.0. The maximum absolute atomic E-state index is 13.4. The zero-order valence-corrected chi connectivity index (χ0v) is 18.1. The number of halogens is 3. The van der Waals surface area contributed by atoms with Crippen LogP contribution >= 0.6 is 12.6 Å². The van der Waals surface area contributed by atoms with Gasteiger partial charge in [-0.3, -0.25) is 14.6 Å². The van der Waals surface area contributed by atoms with Crippen LogP contribution in [-0.2, 0) is 22.3 Å². The van der Waals surface area contributed by atoms with Crippen LogP contribution in [0.25, 0.3) is 0 Å². The molecule has 8 nitrogen and oxygen atoms in total. The fraction of sp³-hybridized carbons (Fsp3) is 0.350. The van der Waals surface area contributed by atoms with Crippen molar-refractivity contribution in [2.75, 3.05) is 12.0 Å². The van der Waals surface area contributed by atoms with Gasteiger partial charge in [-0.25, -0.2) is 14.8 Å². The number of carbonyl (C=O) groups excluding carboxylic acids is 2. The van der Waals surface area contributed by atoms with Gasteiger partial charge >= 0.3 is 12.1 Å². The van der Waals surface area contributed by atoms with Crippen molar-refractivity contribution in [1.29, 1.82) is 5.26 Å². The van der Waals surface area contributed by atoms with Crippen LogP contribution < -0.4 is 4.90 Å². The van der Waals surface area contributed by atoms with Crippen molar-refractivity contribution in [2.45, 2.75) is 37.6 Å². The average molecular weight is 465 g/mol. The number of pyridine rings is 2. The molecule has 1 unspecified atom stereocenters.